The number of nitrogens with zero attached hydrogens (tertiary/aromatic N) is 2. The molecule has 1 aromatic rings. The molecule has 3 atom stereocenters. The highest BCUT2D eigenvalue weighted by Gasteiger charge is 2.55. The zero-order chi connectivity index (χ0) is 17.9. The number of carbonyl (C=O) groups is 2. The zero-order valence-corrected chi connectivity index (χ0v) is 16.1. The second-order valence-electron chi connectivity index (χ2n) is 8.35. The molecule has 0 spiro atoms. The molecule has 2 aliphatic heterocycles. The topological polar surface area (TPSA) is 40.6 Å². The number of benzene rings is 1. The van der Waals surface area contributed by atoms with Crippen LogP contribution in [0.25, 0.3) is 0 Å². The fourth-order valence-electron chi connectivity index (χ4n) is 5.13. The summed E-state index contributed by atoms with van der Waals surface area (Å²) >= 11 is 1.79. The van der Waals surface area contributed by atoms with Gasteiger partial charge in [-0.05, 0) is 56.6 Å². The maximum atomic E-state index is 13.7. The Morgan fingerprint density at radius 3 is 2.85 bits per heavy atom. The summed E-state index contributed by atoms with van der Waals surface area (Å²) in [5, 5.41) is 0. The number of carbonyl (C=O) groups excluding carboxylic acids is 2. The molecule has 0 bridgehead atoms. The van der Waals surface area contributed by atoms with Crippen molar-refractivity contribution in [2.24, 2.45) is 0 Å². The number of thioether (sulfide) groups is 1. The minimum absolute atomic E-state index is 0.163. The highest BCUT2D eigenvalue weighted by molar-refractivity contribution is 8.01. The van der Waals surface area contributed by atoms with Gasteiger partial charge in [-0.25, -0.2) is 0 Å². The van der Waals surface area contributed by atoms with Crippen LogP contribution in [0.3, 0.4) is 0 Å². The number of rotatable bonds is 3. The Labute approximate surface area is 159 Å². The van der Waals surface area contributed by atoms with Crippen molar-refractivity contribution < 1.29 is 9.59 Å². The first-order valence-electron chi connectivity index (χ1n) is 9.94. The van der Waals surface area contributed by atoms with Crippen molar-refractivity contribution in [1.82, 2.24) is 9.80 Å². The van der Waals surface area contributed by atoms with E-state index >= 15 is 0 Å². The molecule has 5 heteroatoms. The third-order valence-corrected chi connectivity index (χ3v) is 8.10. The van der Waals surface area contributed by atoms with Crippen LogP contribution in [-0.4, -0.2) is 44.3 Å². The van der Waals surface area contributed by atoms with Crippen LogP contribution in [0.15, 0.2) is 24.3 Å². The minimum Gasteiger partial charge on any atom is -0.331 e. The molecule has 1 aromatic carbocycles. The number of fused-ring (bicyclic) bond motifs is 2. The van der Waals surface area contributed by atoms with Gasteiger partial charge in [0, 0.05) is 18.2 Å². The monoisotopic (exact) mass is 370 g/mol. The molecule has 26 heavy (non-hydrogen) atoms. The first-order chi connectivity index (χ1) is 12.6. The average Bonchev–Trinajstić information content (AvgIpc) is 3.35. The quantitative estimate of drug-likeness (QED) is 0.817. The lowest BCUT2D eigenvalue weighted by Gasteiger charge is -2.39. The maximum Gasteiger partial charge on any atom is 0.247 e. The Kier molecular flexibility index (Phi) is 3.85. The Bertz CT molecular complexity index is 762. The first-order valence-corrected chi connectivity index (χ1v) is 10.9. The van der Waals surface area contributed by atoms with E-state index in [1.54, 1.807) is 11.8 Å². The van der Waals surface area contributed by atoms with Crippen LogP contribution >= 0.6 is 11.8 Å². The van der Waals surface area contributed by atoms with E-state index in [1.165, 1.54) is 11.1 Å². The molecule has 2 amide bonds. The van der Waals surface area contributed by atoms with Gasteiger partial charge in [-0.2, -0.15) is 0 Å². The van der Waals surface area contributed by atoms with E-state index in [1.807, 2.05) is 4.90 Å². The van der Waals surface area contributed by atoms with Gasteiger partial charge in [-0.15, -0.1) is 11.8 Å². The van der Waals surface area contributed by atoms with Gasteiger partial charge in [0.1, 0.15) is 6.04 Å². The van der Waals surface area contributed by atoms with Crippen LogP contribution in [-0.2, 0) is 16.0 Å². The molecule has 3 fully saturated rings. The van der Waals surface area contributed by atoms with Gasteiger partial charge >= 0.3 is 0 Å². The molecule has 0 radical (unpaired) electrons. The van der Waals surface area contributed by atoms with Crippen LogP contribution in [0.2, 0.25) is 0 Å². The summed E-state index contributed by atoms with van der Waals surface area (Å²) < 4.78 is 0. The highest BCUT2D eigenvalue weighted by Crippen LogP contribution is 2.49. The second-order valence-corrected chi connectivity index (χ2v) is 9.85. The van der Waals surface area contributed by atoms with Crippen molar-refractivity contribution in [3.63, 3.8) is 0 Å². The molecule has 138 valence electrons. The summed E-state index contributed by atoms with van der Waals surface area (Å²) in [4.78, 5) is 30.1. The van der Waals surface area contributed by atoms with E-state index in [9.17, 15) is 9.59 Å². The normalized spacial score (nSPS) is 33.1. The van der Waals surface area contributed by atoms with Crippen LogP contribution < -0.4 is 0 Å². The molecule has 4 aliphatic rings. The summed E-state index contributed by atoms with van der Waals surface area (Å²) in [6, 6.07) is 8.91. The smallest absolute Gasteiger partial charge is 0.247 e. The van der Waals surface area contributed by atoms with Crippen molar-refractivity contribution in [1.29, 1.82) is 0 Å². The van der Waals surface area contributed by atoms with Gasteiger partial charge in [0.05, 0.1) is 10.9 Å². The lowest BCUT2D eigenvalue weighted by molar-refractivity contribution is -0.146. The molecule has 2 saturated heterocycles. The maximum absolute atomic E-state index is 13.7. The zero-order valence-electron chi connectivity index (χ0n) is 15.3. The molecule has 0 aromatic heterocycles. The van der Waals surface area contributed by atoms with E-state index in [4.69, 9.17) is 0 Å². The summed E-state index contributed by atoms with van der Waals surface area (Å²) in [7, 11) is 0. The van der Waals surface area contributed by atoms with Crippen LogP contribution in [0.5, 0.6) is 0 Å². The van der Waals surface area contributed by atoms with E-state index < -0.39 is 0 Å². The Hall–Kier alpha value is -1.49. The number of aryl methyl sites for hydroxylation is 1. The lowest BCUT2D eigenvalue weighted by atomic mass is 9.86. The largest absolute Gasteiger partial charge is 0.331 e. The molecule has 4 nitrogen and oxygen atoms in total. The van der Waals surface area contributed by atoms with Gasteiger partial charge in [0.15, 0.2) is 0 Å². The van der Waals surface area contributed by atoms with E-state index in [2.05, 4.69) is 36.1 Å². The fraction of sp³-hybridized carbons (Fsp3) is 0.619. The van der Waals surface area contributed by atoms with E-state index in [0.717, 1.165) is 44.3 Å². The second kappa shape index (κ2) is 6.01. The van der Waals surface area contributed by atoms with Gasteiger partial charge in [0.2, 0.25) is 11.8 Å². The summed E-state index contributed by atoms with van der Waals surface area (Å²) in [6.07, 6.45) is 6.97. The van der Waals surface area contributed by atoms with Crippen molar-refractivity contribution in [3.8, 4) is 0 Å². The standard InChI is InChI=1S/C21H26N2O2S/c1-21-12-11-19(24)23(21)18(13-26-21)20(25)22(15-9-10-15)17-8-4-6-14-5-2-3-7-16(14)17/h2-3,5,7,15,17-18H,4,6,8-13H2,1H3. The molecule has 0 N–H and O–H groups in total. The van der Waals surface area contributed by atoms with Gasteiger partial charge in [-0.3, -0.25) is 9.59 Å². The molecule has 5 rings (SSSR count). The first kappa shape index (κ1) is 16.7. The van der Waals surface area contributed by atoms with E-state index in [0.29, 0.717) is 12.5 Å². The predicted molar refractivity (Wildman–Crippen MR) is 103 cm³/mol. The fourth-order valence-corrected chi connectivity index (χ4v) is 6.56. The van der Waals surface area contributed by atoms with Crippen LogP contribution in [0, 0.1) is 0 Å². The SMILES string of the molecule is CC12CCC(=O)N1C(C(=O)N(C1CC1)C1CCCc3ccccc31)CS2. The highest BCUT2D eigenvalue weighted by atomic mass is 32.2. The summed E-state index contributed by atoms with van der Waals surface area (Å²) in [5.74, 6) is 1.11. The van der Waals surface area contributed by atoms with Gasteiger partial charge < -0.3 is 9.80 Å². The third kappa shape index (κ3) is 2.50. The third-order valence-electron chi connectivity index (χ3n) is 6.60. The summed E-state index contributed by atoms with van der Waals surface area (Å²) in [5.41, 5.74) is 2.73. The predicted octanol–water partition coefficient (Wildman–Crippen LogP) is 3.51. The molecular weight excluding hydrogens is 344 g/mol. The minimum atomic E-state index is -0.269. The van der Waals surface area contributed by atoms with E-state index in [-0.39, 0.29) is 28.8 Å². The molecule has 2 heterocycles. The molecule has 3 unspecified atom stereocenters. The van der Waals surface area contributed by atoms with Crippen LogP contribution in [0.4, 0.5) is 0 Å². The number of amides is 2. The van der Waals surface area contributed by atoms with Crippen molar-refractivity contribution in [2.45, 2.75) is 74.9 Å². The van der Waals surface area contributed by atoms with Crippen LogP contribution in [0.1, 0.15) is 62.6 Å². The Morgan fingerprint density at radius 1 is 1.23 bits per heavy atom. The summed E-state index contributed by atoms with van der Waals surface area (Å²) in [6.45, 7) is 2.13. The average molecular weight is 371 g/mol. The van der Waals surface area contributed by atoms with Crippen molar-refractivity contribution in [3.05, 3.63) is 35.4 Å². The molecule has 2 aliphatic carbocycles. The Morgan fingerprint density at radius 2 is 2.04 bits per heavy atom. The van der Waals surface area contributed by atoms with Gasteiger partial charge in [0.25, 0.3) is 0 Å². The van der Waals surface area contributed by atoms with Gasteiger partial charge in [-0.1, -0.05) is 24.3 Å². The lowest BCUT2D eigenvalue weighted by Crippen LogP contribution is -2.53. The number of hydrogen-bond acceptors (Lipinski definition) is 3. The van der Waals surface area contributed by atoms with Crippen molar-refractivity contribution in [2.75, 3.05) is 5.75 Å². The molecular formula is C21H26N2O2S. The number of hydrogen-bond donors (Lipinski definition) is 0. The van der Waals surface area contributed by atoms with Crippen molar-refractivity contribution >= 4 is 23.6 Å². The Balaban J connectivity index is 1.47. The molecule has 1 saturated carbocycles.